The van der Waals surface area contributed by atoms with E-state index in [9.17, 15) is 9.59 Å². The molecule has 23 heavy (non-hydrogen) atoms. The smallest absolute Gasteiger partial charge is 0.255 e. The van der Waals surface area contributed by atoms with E-state index in [0.717, 1.165) is 6.42 Å². The minimum absolute atomic E-state index is 0.0687. The molecule has 2 rings (SSSR count). The van der Waals surface area contributed by atoms with Gasteiger partial charge in [-0.25, -0.2) is 0 Å². The summed E-state index contributed by atoms with van der Waals surface area (Å²) < 4.78 is 0. The van der Waals surface area contributed by atoms with E-state index in [1.807, 2.05) is 13.8 Å². The van der Waals surface area contributed by atoms with E-state index in [2.05, 4.69) is 10.6 Å². The maximum absolute atomic E-state index is 12.3. The van der Waals surface area contributed by atoms with Gasteiger partial charge in [-0.1, -0.05) is 36.7 Å². The quantitative estimate of drug-likeness (QED) is 0.866. The second-order valence-electron chi connectivity index (χ2n) is 5.29. The molecular weight excluding hydrogens is 312 g/mol. The molecule has 0 spiro atoms. The fourth-order valence-corrected chi connectivity index (χ4v) is 2.21. The van der Waals surface area contributed by atoms with Crippen molar-refractivity contribution in [1.82, 2.24) is 5.32 Å². The van der Waals surface area contributed by atoms with Crippen molar-refractivity contribution in [1.29, 1.82) is 0 Å². The number of halogens is 1. The summed E-state index contributed by atoms with van der Waals surface area (Å²) in [5.74, 6) is -0.516. The van der Waals surface area contributed by atoms with Crippen molar-refractivity contribution in [2.24, 2.45) is 0 Å². The van der Waals surface area contributed by atoms with Crippen LogP contribution in [0.3, 0.4) is 0 Å². The number of nitrogens with one attached hydrogen (secondary N) is 2. The first kappa shape index (κ1) is 17.0. The Morgan fingerprint density at radius 1 is 1.09 bits per heavy atom. The van der Waals surface area contributed by atoms with Crippen LogP contribution >= 0.6 is 11.6 Å². The van der Waals surface area contributed by atoms with Crippen molar-refractivity contribution in [2.75, 3.05) is 5.32 Å². The van der Waals surface area contributed by atoms with Crippen molar-refractivity contribution in [3.8, 4) is 0 Å². The van der Waals surface area contributed by atoms with Crippen molar-refractivity contribution >= 4 is 29.1 Å². The highest BCUT2D eigenvalue weighted by Crippen LogP contribution is 2.18. The van der Waals surface area contributed by atoms with Crippen LogP contribution in [-0.2, 0) is 0 Å². The third-order valence-corrected chi connectivity index (χ3v) is 3.73. The maximum atomic E-state index is 12.3. The summed E-state index contributed by atoms with van der Waals surface area (Å²) in [5.41, 5.74) is 1.34. The van der Waals surface area contributed by atoms with Crippen LogP contribution in [0.5, 0.6) is 0 Å². The van der Waals surface area contributed by atoms with Crippen LogP contribution in [0.15, 0.2) is 48.5 Å². The largest absolute Gasteiger partial charge is 0.350 e. The Hall–Kier alpha value is -2.33. The molecule has 0 aromatic heterocycles. The molecule has 0 aliphatic rings. The number of hydrogen-bond acceptors (Lipinski definition) is 2. The lowest BCUT2D eigenvalue weighted by Crippen LogP contribution is -2.32. The SMILES string of the molecule is CC[C@@H](C)NC(=O)c1ccccc1NC(=O)c1cccc(Cl)c1. The molecule has 0 radical (unpaired) electrons. The third-order valence-electron chi connectivity index (χ3n) is 3.50. The molecular formula is C18H19ClN2O2. The van der Waals surface area contributed by atoms with Gasteiger partial charge in [0.2, 0.25) is 0 Å². The van der Waals surface area contributed by atoms with Gasteiger partial charge in [-0.3, -0.25) is 9.59 Å². The predicted octanol–water partition coefficient (Wildman–Crippen LogP) is 4.12. The van der Waals surface area contributed by atoms with Gasteiger partial charge in [0.1, 0.15) is 0 Å². The zero-order valence-corrected chi connectivity index (χ0v) is 13.9. The highest BCUT2D eigenvalue weighted by atomic mass is 35.5. The van der Waals surface area contributed by atoms with Gasteiger partial charge in [0, 0.05) is 16.6 Å². The number of hydrogen-bond donors (Lipinski definition) is 2. The molecule has 2 aromatic carbocycles. The summed E-state index contributed by atoms with van der Waals surface area (Å²) in [7, 11) is 0. The van der Waals surface area contributed by atoms with Gasteiger partial charge >= 0.3 is 0 Å². The zero-order valence-electron chi connectivity index (χ0n) is 13.1. The number of carbonyl (C=O) groups is 2. The molecule has 0 unspecified atom stereocenters. The molecule has 120 valence electrons. The van der Waals surface area contributed by atoms with Crippen LogP contribution in [0.2, 0.25) is 5.02 Å². The van der Waals surface area contributed by atoms with Crippen LogP contribution in [0.4, 0.5) is 5.69 Å². The summed E-state index contributed by atoms with van der Waals surface area (Å²) in [6.45, 7) is 3.93. The summed E-state index contributed by atoms with van der Waals surface area (Å²) in [6, 6.07) is 13.7. The lowest BCUT2D eigenvalue weighted by molar-refractivity contribution is 0.0940. The molecule has 4 nitrogen and oxygen atoms in total. The lowest BCUT2D eigenvalue weighted by Gasteiger charge is -2.14. The minimum atomic E-state index is -0.309. The fourth-order valence-electron chi connectivity index (χ4n) is 2.02. The molecule has 0 bridgehead atoms. The second-order valence-corrected chi connectivity index (χ2v) is 5.73. The normalized spacial score (nSPS) is 11.6. The van der Waals surface area contributed by atoms with Crippen LogP contribution in [0.25, 0.3) is 0 Å². The van der Waals surface area contributed by atoms with E-state index >= 15 is 0 Å². The van der Waals surface area contributed by atoms with Gasteiger partial charge in [-0.2, -0.15) is 0 Å². The summed E-state index contributed by atoms with van der Waals surface area (Å²) >= 11 is 5.90. The standard InChI is InChI=1S/C18H19ClN2O2/c1-3-12(2)20-18(23)15-9-4-5-10-16(15)21-17(22)13-7-6-8-14(19)11-13/h4-12H,3H2,1-2H3,(H,20,23)(H,21,22)/t12-/m1/s1. The lowest BCUT2D eigenvalue weighted by atomic mass is 10.1. The molecule has 0 aliphatic heterocycles. The molecule has 0 aliphatic carbocycles. The topological polar surface area (TPSA) is 58.2 Å². The molecule has 0 fully saturated rings. The number of benzene rings is 2. The number of para-hydroxylation sites is 1. The number of anilines is 1. The summed E-state index contributed by atoms with van der Waals surface area (Å²) in [6.07, 6.45) is 0.836. The number of amides is 2. The van der Waals surface area contributed by atoms with E-state index in [1.165, 1.54) is 0 Å². The first-order valence-electron chi connectivity index (χ1n) is 7.48. The van der Waals surface area contributed by atoms with E-state index in [-0.39, 0.29) is 17.9 Å². The van der Waals surface area contributed by atoms with Crippen molar-refractivity contribution < 1.29 is 9.59 Å². The first-order chi connectivity index (χ1) is 11.0. The summed E-state index contributed by atoms with van der Waals surface area (Å²) in [4.78, 5) is 24.6. The molecule has 2 N–H and O–H groups in total. The molecule has 5 heteroatoms. The van der Waals surface area contributed by atoms with Gasteiger partial charge in [0.25, 0.3) is 11.8 Å². The molecule has 0 saturated heterocycles. The Balaban J connectivity index is 2.20. The van der Waals surface area contributed by atoms with Crippen LogP contribution in [0.1, 0.15) is 41.0 Å². The van der Waals surface area contributed by atoms with Crippen LogP contribution in [0, 0.1) is 0 Å². The monoisotopic (exact) mass is 330 g/mol. The second kappa shape index (κ2) is 7.79. The van der Waals surface area contributed by atoms with E-state index < -0.39 is 0 Å². The van der Waals surface area contributed by atoms with Gasteiger partial charge in [0.05, 0.1) is 11.3 Å². The highest BCUT2D eigenvalue weighted by Gasteiger charge is 2.15. The number of rotatable bonds is 5. The van der Waals surface area contributed by atoms with Crippen molar-refractivity contribution in [3.05, 3.63) is 64.7 Å². The minimum Gasteiger partial charge on any atom is -0.350 e. The maximum Gasteiger partial charge on any atom is 0.255 e. The Bertz CT molecular complexity index is 716. The molecule has 2 amide bonds. The molecule has 0 saturated carbocycles. The number of carbonyl (C=O) groups excluding carboxylic acids is 2. The average molecular weight is 331 g/mol. The van der Waals surface area contributed by atoms with Gasteiger partial charge in [0.15, 0.2) is 0 Å². The van der Waals surface area contributed by atoms with E-state index in [1.54, 1.807) is 48.5 Å². The van der Waals surface area contributed by atoms with Crippen LogP contribution in [-0.4, -0.2) is 17.9 Å². The van der Waals surface area contributed by atoms with E-state index in [4.69, 9.17) is 11.6 Å². The molecule has 2 aromatic rings. The Morgan fingerprint density at radius 2 is 1.83 bits per heavy atom. The predicted molar refractivity (Wildman–Crippen MR) is 93.1 cm³/mol. The highest BCUT2D eigenvalue weighted by molar-refractivity contribution is 6.31. The fraction of sp³-hybridized carbons (Fsp3) is 0.222. The van der Waals surface area contributed by atoms with Gasteiger partial charge in [-0.15, -0.1) is 0 Å². The molecule has 1 atom stereocenters. The summed E-state index contributed by atoms with van der Waals surface area (Å²) in [5, 5.41) is 6.15. The van der Waals surface area contributed by atoms with E-state index in [0.29, 0.717) is 21.8 Å². The third kappa shape index (κ3) is 4.57. The molecule has 0 heterocycles. The Morgan fingerprint density at radius 3 is 2.52 bits per heavy atom. The van der Waals surface area contributed by atoms with Crippen molar-refractivity contribution in [2.45, 2.75) is 26.3 Å². The van der Waals surface area contributed by atoms with Gasteiger partial charge in [-0.05, 0) is 43.7 Å². The zero-order chi connectivity index (χ0) is 16.8. The Kier molecular flexibility index (Phi) is 5.77. The van der Waals surface area contributed by atoms with Crippen LogP contribution < -0.4 is 10.6 Å². The first-order valence-corrected chi connectivity index (χ1v) is 7.86. The average Bonchev–Trinajstić information content (AvgIpc) is 2.55. The van der Waals surface area contributed by atoms with Crippen molar-refractivity contribution in [3.63, 3.8) is 0 Å². The van der Waals surface area contributed by atoms with Gasteiger partial charge < -0.3 is 10.6 Å². The Labute approximate surface area is 140 Å².